The van der Waals surface area contributed by atoms with Gasteiger partial charge in [-0.05, 0) is 77.0 Å². The lowest BCUT2D eigenvalue weighted by Gasteiger charge is -2.28. The van der Waals surface area contributed by atoms with E-state index in [0.717, 1.165) is 57.8 Å². The number of nitrogens with zero attached hydrogens (tertiary/aromatic N) is 1. The standard InChI is InChI=1S/C88H166NO8P/c1-6-8-10-12-14-16-18-20-22-24-26-28-30-32-34-36-38-40-42-43-44-45-47-49-51-53-55-57-59-61-63-65-67-69-71-73-75-77-79-81-88(91)97-86(85-96-98(92,93)95-83-82-89(3,4)5)84-94-87(90)80-78-76-74-72-70-68-66-64-62-60-58-56-54-52-50-48-46-41-39-37-35-33-31-29-27-25-23-21-19-17-15-13-11-9-7-2/h8,10,14,16,20,22,25-28,86H,6-7,9,11-13,15,17-19,21,23-24,29-85H2,1-5H3/b10-8-,16-14-,22-20-,27-25-,28-26-. The second-order valence-corrected chi connectivity index (χ2v) is 31.9. The maximum atomic E-state index is 12.9. The van der Waals surface area contributed by atoms with E-state index >= 15 is 0 Å². The second-order valence-electron chi connectivity index (χ2n) is 30.5. The molecule has 0 N–H and O–H groups in total. The van der Waals surface area contributed by atoms with E-state index in [0.29, 0.717) is 17.4 Å². The van der Waals surface area contributed by atoms with Crippen LogP contribution in [0.1, 0.15) is 438 Å². The lowest BCUT2D eigenvalue weighted by atomic mass is 10.0. The largest absolute Gasteiger partial charge is 0.756 e. The van der Waals surface area contributed by atoms with Crippen LogP contribution in [0, 0.1) is 0 Å². The summed E-state index contributed by atoms with van der Waals surface area (Å²) in [7, 11) is 1.19. The van der Waals surface area contributed by atoms with Crippen molar-refractivity contribution in [3.63, 3.8) is 0 Å². The van der Waals surface area contributed by atoms with E-state index in [9.17, 15) is 19.0 Å². The van der Waals surface area contributed by atoms with Crippen molar-refractivity contribution in [2.75, 3.05) is 47.5 Å². The minimum absolute atomic E-state index is 0.0276. The molecule has 0 saturated heterocycles. The van der Waals surface area contributed by atoms with Crippen LogP contribution in [-0.2, 0) is 32.7 Å². The molecule has 0 aromatic carbocycles. The molecular weight excluding hydrogens is 1230 g/mol. The van der Waals surface area contributed by atoms with Crippen LogP contribution in [0.25, 0.3) is 0 Å². The summed E-state index contributed by atoms with van der Waals surface area (Å²) in [6, 6.07) is 0. The fourth-order valence-electron chi connectivity index (χ4n) is 13.0. The number of unbranched alkanes of at least 4 members (excludes halogenated alkanes) is 57. The Morgan fingerprint density at radius 1 is 0.327 bits per heavy atom. The maximum Gasteiger partial charge on any atom is 0.306 e. The third-order valence-corrected chi connectivity index (χ3v) is 20.5. The van der Waals surface area contributed by atoms with Crippen LogP contribution in [0.15, 0.2) is 60.8 Å². The Labute approximate surface area is 610 Å². The summed E-state index contributed by atoms with van der Waals surface area (Å²) in [5, 5.41) is 0. The van der Waals surface area contributed by atoms with Gasteiger partial charge in [0.1, 0.15) is 19.8 Å². The number of phosphoric ester groups is 1. The summed E-state index contributed by atoms with van der Waals surface area (Å²) in [6.45, 7) is 4.21. The van der Waals surface area contributed by atoms with Crippen molar-refractivity contribution in [2.45, 2.75) is 444 Å². The number of likely N-dealkylation sites (N-methyl/N-ethyl adjacent to an activating group) is 1. The average molecular weight is 1400 g/mol. The Morgan fingerprint density at radius 3 is 0.878 bits per heavy atom. The number of carbonyl (C=O) groups is 2. The fraction of sp³-hybridized carbons (Fsp3) is 0.864. The zero-order chi connectivity index (χ0) is 71.1. The highest BCUT2D eigenvalue weighted by Crippen LogP contribution is 2.38. The molecule has 2 unspecified atom stereocenters. The zero-order valence-corrected chi connectivity index (χ0v) is 66.9. The molecule has 0 amide bonds. The molecule has 0 radical (unpaired) electrons. The summed E-state index contributed by atoms with van der Waals surface area (Å²) in [5.41, 5.74) is 0. The van der Waals surface area contributed by atoms with Gasteiger partial charge in [-0.2, -0.15) is 0 Å². The summed E-state index contributed by atoms with van der Waals surface area (Å²) in [4.78, 5) is 38.2. The van der Waals surface area contributed by atoms with Crippen molar-refractivity contribution in [1.82, 2.24) is 0 Å². The fourth-order valence-corrected chi connectivity index (χ4v) is 13.7. The Kier molecular flexibility index (Phi) is 77.0. The molecule has 0 saturated carbocycles. The van der Waals surface area contributed by atoms with E-state index in [-0.39, 0.29) is 32.0 Å². The van der Waals surface area contributed by atoms with E-state index in [1.165, 1.54) is 347 Å². The number of hydrogen-bond acceptors (Lipinski definition) is 8. The number of quaternary nitrogens is 1. The molecule has 0 spiro atoms. The van der Waals surface area contributed by atoms with Gasteiger partial charge in [0.25, 0.3) is 7.82 Å². The Bertz CT molecular complexity index is 1840. The minimum atomic E-state index is -4.64. The first-order valence-corrected chi connectivity index (χ1v) is 44.5. The molecule has 0 bridgehead atoms. The number of phosphoric acid groups is 1. The van der Waals surface area contributed by atoms with Gasteiger partial charge in [-0.1, -0.05) is 408 Å². The van der Waals surface area contributed by atoms with Crippen LogP contribution in [-0.4, -0.2) is 70.0 Å². The van der Waals surface area contributed by atoms with Crippen molar-refractivity contribution in [2.24, 2.45) is 0 Å². The third kappa shape index (κ3) is 82.7. The first kappa shape index (κ1) is 95.7. The van der Waals surface area contributed by atoms with Crippen LogP contribution in [0.2, 0.25) is 0 Å². The van der Waals surface area contributed by atoms with Gasteiger partial charge in [-0.3, -0.25) is 14.2 Å². The van der Waals surface area contributed by atoms with E-state index in [2.05, 4.69) is 74.6 Å². The Morgan fingerprint density at radius 2 is 0.582 bits per heavy atom. The van der Waals surface area contributed by atoms with E-state index in [1.54, 1.807) is 0 Å². The lowest BCUT2D eigenvalue weighted by Crippen LogP contribution is -2.37. The highest BCUT2D eigenvalue weighted by atomic mass is 31.2. The SMILES string of the molecule is CC/C=C\C/C=C\C/C=C\C/C=C\CCCCCCCCCCCCCCCCCCCCCCCCCCCCC(=O)OC(COC(=O)CCCCCCCCCCCCCCCCCCCCCCCCC/C=C\CCCCCCCCCC)COP(=O)([O-])OCC[N+](C)(C)C. The van der Waals surface area contributed by atoms with Crippen LogP contribution in [0.4, 0.5) is 0 Å². The Balaban J connectivity index is 3.86. The molecule has 10 heteroatoms. The average Bonchev–Trinajstić information content (AvgIpc) is 1.23. The highest BCUT2D eigenvalue weighted by Gasteiger charge is 2.22. The molecular formula is C88H166NO8P. The summed E-state index contributed by atoms with van der Waals surface area (Å²) in [6.07, 6.45) is 107. The lowest BCUT2D eigenvalue weighted by molar-refractivity contribution is -0.870. The molecule has 98 heavy (non-hydrogen) atoms. The number of esters is 2. The Hall–Kier alpha value is -2.29. The van der Waals surface area contributed by atoms with Crippen molar-refractivity contribution >= 4 is 19.8 Å². The molecule has 576 valence electrons. The first-order chi connectivity index (χ1) is 48.0. The minimum Gasteiger partial charge on any atom is -0.756 e. The van der Waals surface area contributed by atoms with Crippen LogP contribution >= 0.6 is 7.82 Å². The molecule has 0 aliphatic carbocycles. The van der Waals surface area contributed by atoms with E-state index < -0.39 is 26.5 Å². The third-order valence-electron chi connectivity index (χ3n) is 19.5. The molecule has 2 atom stereocenters. The number of ether oxygens (including phenoxy) is 2. The smallest absolute Gasteiger partial charge is 0.306 e. The monoisotopic (exact) mass is 1400 g/mol. The van der Waals surface area contributed by atoms with Gasteiger partial charge in [0, 0.05) is 12.8 Å². The van der Waals surface area contributed by atoms with Gasteiger partial charge in [-0.25, -0.2) is 0 Å². The number of rotatable bonds is 81. The summed E-state index contributed by atoms with van der Waals surface area (Å²) in [5.74, 6) is -0.806. The van der Waals surface area contributed by atoms with Crippen LogP contribution in [0.5, 0.6) is 0 Å². The predicted molar refractivity (Wildman–Crippen MR) is 425 cm³/mol. The molecule has 0 aromatic rings. The van der Waals surface area contributed by atoms with Crippen LogP contribution < -0.4 is 4.89 Å². The van der Waals surface area contributed by atoms with E-state index in [1.807, 2.05) is 21.1 Å². The van der Waals surface area contributed by atoms with Gasteiger partial charge in [-0.15, -0.1) is 0 Å². The van der Waals surface area contributed by atoms with Gasteiger partial charge in [0.2, 0.25) is 0 Å². The predicted octanol–water partition coefficient (Wildman–Crippen LogP) is 28.2. The van der Waals surface area contributed by atoms with Gasteiger partial charge in [0.05, 0.1) is 27.7 Å². The van der Waals surface area contributed by atoms with Crippen molar-refractivity contribution in [3.8, 4) is 0 Å². The normalized spacial score (nSPS) is 13.2. The van der Waals surface area contributed by atoms with Crippen molar-refractivity contribution < 1.29 is 42.1 Å². The van der Waals surface area contributed by atoms with Crippen molar-refractivity contribution in [1.29, 1.82) is 0 Å². The first-order valence-electron chi connectivity index (χ1n) is 43.0. The van der Waals surface area contributed by atoms with Gasteiger partial charge in [0.15, 0.2) is 6.10 Å². The number of hydrogen-bond donors (Lipinski definition) is 0. The number of carbonyl (C=O) groups excluding carboxylic acids is 2. The molecule has 0 aliphatic heterocycles. The van der Waals surface area contributed by atoms with Gasteiger partial charge >= 0.3 is 11.9 Å². The molecule has 0 aromatic heterocycles. The summed E-state index contributed by atoms with van der Waals surface area (Å²) >= 11 is 0. The topological polar surface area (TPSA) is 111 Å². The zero-order valence-electron chi connectivity index (χ0n) is 66.0. The van der Waals surface area contributed by atoms with Gasteiger partial charge < -0.3 is 27.9 Å². The molecule has 9 nitrogen and oxygen atoms in total. The van der Waals surface area contributed by atoms with Crippen LogP contribution in [0.3, 0.4) is 0 Å². The molecule has 0 heterocycles. The van der Waals surface area contributed by atoms with E-state index in [4.69, 9.17) is 18.5 Å². The molecule has 0 fully saturated rings. The van der Waals surface area contributed by atoms with Crippen molar-refractivity contribution in [3.05, 3.63) is 60.8 Å². The molecule has 0 rings (SSSR count). The second kappa shape index (κ2) is 78.8. The maximum absolute atomic E-state index is 12.9. The quantitative estimate of drug-likeness (QED) is 0.0195. The highest BCUT2D eigenvalue weighted by molar-refractivity contribution is 7.45. The number of allylic oxidation sites excluding steroid dienone is 10. The summed E-state index contributed by atoms with van der Waals surface area (Å²) < 4.78 is 34.5. The molecule has 0 aliphatic rings.